The third kappa shape index (κ3) is 3.16. The van der Waals surface area contributed by atoms with Gasteiger partial charge in [0.25, 0.3) is 5.91 Å². The van der Waals surface area contributed by atoms with E-state index in [1.807, 2.05) is 44.2 Å². The van der Waals surface area contributed by atoms with Crippen molar-refractivity contribution in [1.29, 1.82) is 0 Å². The molecule has 0 aliphatic carbocycles. The summed E-state index contributed by atoms with van der Waals surface area (Å²) in [5.74, 6) is -0.698. The average Bonchev–Trinajstić information content (AvgIpc) is 3.12. The van der Waals surface area contributed by atoms with E-state index in [0.717, 1.165) is 11.3 Å². The maximum atomic E-state index is 12.6. The number of aromatic nitrogens is 2. The van der Waals surface area contributed by atoms with Crippen molar-refractivity contribution in [3.05, 3.63) is 53.3 Å². The van der Waals surface area contributed by atoms with Crippen LogP contribution in [-0.4, -0.2) is 45.2 Å². The second kappa shape index (κ2) is 6.70. The van der Waals surface area contributed by atoms with E-state index in [2.05, 4.69) is 10.2 Å². The number of carboxylic acids is 1. The van der Waals surface area contributed by atoms with Crippen molar-refractivity contribution >= 4 is 11.9 Å². The molecule has 1 aliphatic heterocycles. The second-order valence-electron chi connectivity index (χ2n) is 6.91. The van der Waals surface area contributed by atoms with Gasteiger partial charge in [0.05, 0.1) is 5.41 Å². The Balaban J connectivity index is 1.75. The van der Waals surface area contributed by atoms with Crippen molar-refractivity contribution in [3.63, 3.8) is 0 Å². The highest BCUT2D eigenvalue weighted by molar-refractivity contribution is 5.93. The summed E-state index contributed by atoms with van der Waals surface area (Å²) in [6.45, 7) is 4.88. The molecule has 132 valence electrons. The first-order chi connectivity index (χ1) is 11.9. The van der Waals surface area contributed by atoms with E-state index >= 15 is 0 Å². The number of benzene rings is 1. The van der Waals surface area contributed by atoms with Crippen LogP contribution in [0.1, 0.15) is 54.4 Å². The van der Waals surface area contributed by atoms with Crippen molar-refractivity contribution in [2.75, 3.05) is 13.1 Å². The van der Waals surface area contributed by atoms with Crippen LogP contribution in [0.2, 0.25) is 0 Å². The second-order valence-corrected chi connectivity index (χ2v) is 6.91. The monoisotopic (exact) mass is 341 g/mol. The molecule has 0 unspecified atom stereocenters. The molecule has 1 saturated heterocycles. The van der Waals surface area contributed by atoms with E-state index in [1.54, 1.807) is 11.0 Å². The van der Waals surface area contributed by atoms with Gasteiger partial charge in [0.2, 0.25) is 0 Å². The third-order valence-corrected chi connectivity index (χ3v) is 5.08. The number of aliphatic carboxylic acids is 1. The zero-order valence-corrected chi connectivity index (χ0v) is 14.5. The minimum absolute atomic E-state index is 0.143. The molecule has 25 heavy (non-hydrogen) atoms. The zero-order valence-electron chi connectivity index (χ0n) is 14.5. The maximum Gasteiger partial charge on any atom is 0.314 e. The van der Waals surface area contributed by atoms with Crippen molar-refractivity contribution in [2.24, 2.45) is 0 Å². The Morgan fingerprint density at radius 2 is 1.84 bits per heavy atom. The molecule has 0 atom stereocenters. The number of carbonyl (C=O) groups is 2. The molecule has 2 aromatic rings. The first kappa shape index (κ1) is 17.2. The average molecular weight is 341 g/mol. The number of likely N-dealkylation sites (tertiary alicyclic amines) is 1. The van der Waals surface area contributed by atoms with Crippen LogP contribution in [-0.2, 0) is 10.2 Å². The lowest BCUT2D eigenvalue weighted by molar-refractivity contribution is -0.145. The van der Waals surface area contributed by atoms with Crippen LogP contribution in [0.15, 0.2) is 36.4 Å². The molecule has 0 spiro atoms. The van der Waals surface area contributed by atoms with Gasteiger partial charge in [0, 0.05) is 18.8 Å². The lowest BCUT2D eigenvalue weighted by Gasteiger charge is -2.39. The largest absolute Gasteiger partial charge is 0.481 e. The lowest BCUT2D eigenvalue weighted by Crippen LogP contribution is -2.49. The summed E-state index contributed by atoms with van der Waals surface area (Å²) in [7, 11) is 0. The molecule has 2 heterocycles. The van der Waals surface area contributed by atoms with E-state index in [0.29, 0.717) is 31.6 Å². The van der Waals surface area contributed by atoms with Crippen LogP contribution in [0.25, 0.3) is 0 Å². The Morgan fingerprint density at radius 3 is 2.36 bits per heavy atom. The quantitative estimate of drug-likeness (QED) is 0.895. The molecule has 1 fully saturated rings. The van der Waals surface area contributed by atoms with Crippen LogP contribution < -0.4 is 0 Å². The Morgan fingerprint density at radius 1 is 1.20 bits per heavy atom. The summed E-state index contributed by atoms with van der Waals surface area (Å²) in [6.07, 6.45) is 0.805. The molecule has 6 nitrogen and oxygen atoms in total. The molecular formula is C19H23N3O3. The SMILES string of the molecule is CC(C)c1cc(C(=O)N2CCC(C(=O)O)(c3ccccc3)CC2)n[nH]1. The summed E-state index contributed by atoms with van der Waals surface area (Å²) >= 11 is 0. The number of hydrogen-bond acceptors (Lipinski definition) is 3. The number of carboxylic acid groups (broad SMARTS) is 1. The first-order valence-corrected chi connectivity index (χ1v) is 8.57. The van der Waals surface area contributed by atoms with Crippen molar-refractivity contribution in [2.45, 2.75) is 38.0 Å². The Labute approximate surface area is 146 Å². The summed E-state index contributed by atoms with van der Waals surface area (Å²) in [5.41, 5.74) is 1.19. The fourth-order valence-corrected chi connectivity index (χ4v) is 3.38. The number of amides is 1. The normalized spacial score (nSPS) is 16.8. The van der Waals surface area contributed by atoms with Crippen LogP contribution in [0.3, 0.4) is 0 Å². The molecule has 1 amide bonds. The number of aromatic amines is 1. The Hall–Kier alpha value is -2.63. The zero-order chi connectivity index (χ0) is 18.0. The molecule has 1 aliphatic rings. The molecule has 6 heteroatoms. The maximum absolute atomic E-state index is 12.6. The van der Waals surface area contributed by atoms with E-state index in [9.17, 15) is 14.7 Å². The predicted octanol–water partition coefficient (Wildman–Crippen LogP) is 2.79. The lowest BCUT2D eigenvalue weighted by atomic mass is 9.73. The van der Waals surface area contributed by atoms with Gasteiger partial charge in [-0.1, -0.05) is 44.2 Å². The molecule has 0 bridgehead atoms. The van der Waals surface area contributed by atoms with Gasteiger partial charge in [-0.15, -0.1) is 0 Å². The molecule has 0 saturated carbocycles. The highest BCUT2D eigenvalue weighted by Crippen LogP contribution is 2.36. The van der Waals surface area contributed by atoms with Crippen molar-refractivity contribution < 1.29 is 14.7 Å². The molecule has 3 rings (SSSR count). The van der Waals surface area contributed by atoms with Gasteiger partial charge < -0.3 is 10.0 Å². The number of nitrogens with zero attached hydrogens (tertiary/aromatic N) is 2. The smallest absolute Gasteiger partial charge is 0.314 e. The van der Waals surface area contributed by atoms with Crippen LogP contribution >= 0.6 is 0 Å². The molecule has 1 aromatic heterocycles. The van der Waals surface area contributed by atoms with Crippen LogP contribution in [0.4, 0.5) is 0 Å². The topological polar surface area (TPSA) is 86.3 Å². The summed E-state index contributed by atoms with van der Waals surface area (Å²) in [6, 6.07) is 11.1. The highest BCUT2D eigenvalue weighted by atomic mass is 16.4. The van der Waals surface area contributed by atoms with Crippen LogP contribution in [0.5, 0.6) is 0 Å². The fraction of sp³-hybridized carbons (Fsp3) is 0.421. The van der Waals surface area contributed by atoms with Gasteiger partial charge >= 0.3 is 5.97 Å². The van der Waals surface area contributed by atoms with Gasteiger partial charge in [-0.2, -0.15) is 5.10 Å². The molecule has 0 radical (unpaired) electrons. The summed E-state index contributed by atoms with van der Waals surface area (Å²) < 4.78 is 0. The van der Waals surface area contributed by atoms with E-state index in [1.165, 1.54) is 0 Å². The number of nitrogens with one attached hydrogen (secondary N) is 1. The molecule has 1 aromatic carbocycles. The highest BCUT2D eigenvalue weighted by Gasteiger charge is 2.44. The van der Waals surface area contributed by atoms with E-state index in [-0.39, 0.29) is 11.8 Å². The number of H-pyrrole nitrogens is 1. The predicted molar refractivity (Wildman–Crippen MR) is 93.6 cm³/mol. The summed E-state index contributed by atoms with van der Waals surface area (Å²) in [4.78, 5) is 26.3. The van der Waals surface area contributed by atoms with E-state index in [4.69, 9.17) is 0 Å². The number of carbonyl (C=O) groups excluding carboxylic acids is 1. The molecule has 2 N–H and O–H groups in total. The van der Waals surface area contributed by atoms with E-state index < -0.39 is 11.4 Å². The minimum atomic E-state index is -0.924. The number of rotatable bonds is 4. The van der Waals surface area contributed by atoms with Crippen LogP contribution in [0, 0.1) is 0 Å². The number of hydrogen-bond donors (Lipinski definition) is 2. The summed E-state index contributed by atoms with van der Waals surface area (Å²) in [5, 5.41) is 16.8. The van der Waals surface area contributed by atoms with Gasteiger partial charge in [-0.3, -0.25) is 14.7 Å². The van der Waals surface area contributed by atoms with Crippen molar-refractivity contribution in [1.82, 2.24) is 15.1 Å². The van der Waals surface area contributed by atoms with Gasteiger partial charge in [0.15, 0.2) is 0 Å². The minimum Gasteiger partial charge on any atom is -0.481 e. The van der Waals surface area contributed by atoms with Gasteiger partial charge in [-0.05, 0) is 30.4 Å². The van der Waals surface area contributed by atoms with Gasteiger partial charge in [0.1, 0.15) is 5.69 Å². The first-order valence-electron chi connectivity index (χ1n) is 8.57. The molecular weight excluding hydrogens is 318 g/mol. The Bertz CT molecular complexity index is 759. The fourth-order valence-electron chi connectivity index (χ4n) is 3.38. The third-order valence-electron chi connectivity index (χ3n) is 5.08. The van der Waals surface area contributed by atoms with Gasteiger partial charge in [-0.25, -0.2) is 0 Å². The number of piperidine rings is 1. The standard InChI is InChI=1S/C19H23N3O3/c1-13(2)15-12-16(21-20-15)17(23)22-10-8-19(9-11-22,18(24)25)14-6-4-3-5-7-14/h3-7,12-13H,8-11H2,1-2H3,(H,20,21)(H,24,25). The van der Waals surface area contributed by atoms with Crippen molar-refractivity contribution in [3.8, 4) is 0 Å². The Kier molecular flexibility index (Phi) is 4.61.